The summed E-state index contributed by atoms with van der Waals surface area (Å²) in [5.41, 5.74) is 3.01. The maximum Gasteiger partial charge on any atom is 0.256 e. The van der Waals surface area contributed by atoms with Crippen molar-refractivity contribution in [1.29, 1.82) is 0 Å². The predicted molar refractivity (Wildman–Crippen MR) is 115 cm³/mol. The van der Waals surface area contributed by atoms with E-state index in [0.29, 0.717) is 24.2 Å². The largest absolute Gasteiger partial charge is 0.336 e. The van der Waals surface area contributed by atoms with Gasteiger partial charge in [-0.1, -0.05) is 42.0 Å². The highest BCUT2D eigenvalue weighted by molar-refractivity contribution is 5.98. The van der Waals surface area contributed by atoms with Gasteiger partial charge in [0, 0.05) is 24.6 Å². The molecule has 0 aliphatic carbocycles. The number of hydrogen-bond donors (Lipinski definition) is 0. The highest BCUT2D eigenvalue weighted by atomic mass is 16.2. The average molecular weight is 402 g/mol. The lowest BCUT2D eigenvalue weighted by Gasteiger charge is -2.38. The first-order valence-corrected chi connectivity index (χ1v) is 10.4. The molecule has 1 aliphatic heterocycles. The van der Waals surface area contributed by atoms with E-state index in [4.69, 9.17) is 0 Å². The van der Waals surface area contributed by atoms with Gasteiger partial charge in [-0.3, -0.25) is 9.59 Å². The summed E-state index contributed by atoms with van der Waals surface area (Å²) < 4.78 is 0. The van der Waals surface area contributed by atoms with E-state index < -0.39 is 0 Å². The lowest BCUT2D eigenvalue weighted by molar-refractivity contribution is 0.0539. The Morgan fingerprint density at radius 3 is 2.50 bits per heavy atom. The summed E-state index contributed by atoms with van der Waals surface area (Å²) in [5, 5.41) is 8.40. The maximum absolute atomic E-state index is 13.6. The molecule has 3 aromatic rings. The van der Waals surface area contributed by atoms with Crippen LogP contribution in [0.15, 0.2) is 60.9 Å². The Morgan fingerprint density at radius 1 is 1.03 bits per heavy atom. The fraction of sp³-hybridized carbons (Fsp3) is 0.333. The number of ketones is 1. The lowest BCUT2D eigenvalue weighted by Crippen LogP contribution is -2.46. The van der Waals surface area contributed by atoms with E-state index in [1.165, 1.54) is 4.80 Å². The minimum absolute atomic E-state index is 0.0321. The van der Waals surface area contributed by atoms with Gasteiger partial charge in [-0.15, -0.1) is 0 Å². The van der Waals surface area contributed by atoms with Crippen LogP contribution in [0.25, 0.3) is 5.69 Å². The van der Waals surface area contributed by atoms with Crippen molar-refractivity contribution in [2.45, 2.75) is 39.2 Å². The summed E-state index contributed by atoms with van der Waals surface area (Å²) in [6, 6.07) is 15.2. The van der Waals surface area contributed by atoms with Gasteiger partial charge in [0.25, 0.3) is 5.91 Å². The van der Waals surface area contributed by atoms with Crippen LogP contribution in [0.3, 0.4) is 0 Å². The van der Waals surface area contributed by atoms with Gasteiger partial charge in [-0.05, 0) is 44.7 Å². The number of amides is 1. The molecule has 6 heteroatoms. The zero-order chi connectivity index (χ0) is 21.1. The molecule has 1 saturated heterocycles. The molecule has 2 heterocycles. The van der Waals surface area contributed by atoms with Crippen molar-refractivity contribution in [2.24, 2.45) is 5.92 Å². The predicted octanol–water partition coefficient (Wildman–Crippen LogP) is 4.09. The summed E-state index contributed by atoms with van der Waals surface area (Å²) >= 11 is 0. The van der Waals surface area contributed by atoms with E-state index in [9.17, 15) is 9.59 Å². The minimum Gasteiger partial charge on any atom is -0.336 e. The SMILES string of the molecule is Cc1ccc(-n2nccn2)c(C(=O)N2C[C@@H](CC(=O)c3ccccc3)CC[C@H]2C)c1. The molecular weight excluding hydrogens is 376 g/mol. The molecule has 0 radical (unpaired) electrons. The Balaban J connectivity index is 1.55. The van der Waals surface area contributed by atoms with Crippen LogP contribution in [0, 0.1) is 12.8 Å². The molecule has 0 N–H and O–H groups in total. The number of likely N-dealkylation sites (tertiary alicyclic amines) is 1. The Morgan fingerprint density at radius 2 is 1.77 bits per heavy atom. The zero-order valence-electron chi connectivity index (χ0n) is 17.4. The van der Waals surface area contributed by atoms with E-state index in [-0.39, 0.29) is 23.7 Å². The van der Waals surface area contributed by atoms with Gasteiger partial charge in [0.1, 0.15) is 0 Å². The molecule has 1 fully saturated rings. The van der Waals surface area contributed by atoms with Gasteiger partial charge in [0.05, 0.1) is 23.6 Å². The van der Waals surface area contributed by atoms with Crippen molar-refractivity contribution in [3.8, 4) is 5.69 Å². The van der Waals surface area contributed by atoms with Crippen LogP contribution in [0.2, 0.25) is 0 Å². The zero-order valence-corrected chi connectivity index (χ0v) is 17.4. The second kappa shape index (κ2) is 8.61. The number of aromatic nitrogens is 3. The molecule has 0 bridgehead atoms. The number of aryl methyl sites for hydroxylation is 1. The van der Waals surface area contributed by atoms with E-state index >= 15 is 0 Å². The van der Waals surface area contributed by atoms with Crippen molar-refractivity contribution in [3.63, 3.8) is 0 Å². The Labute approximate surface area is 176 Å². The number of rotatable bonds is 5. The summed E-state index contributed by atoms with van der Waals surface area (Å²) in [7, 11) is 0. The third-order valence-electron chi connectivity index (χ3n) is 5.83. The van der Waals surface area contributed by atoms with E-state index in [1.54, 1.807) is 12.4 Å². The highest BCUT2D eigenvalue weighted by Gasteiger charge is 2.32. The number of carbonyl (C=O) groups excluding carboxylic acids is 2. The fourth-order valence-corrected chi connectivity index (χ4v) is 4.13. The second-order valence-corrected chi connectivity index (χ2v) is 8.08. The Kier molecular flexibility index (Phi) is 5.74. The van der Waals surface area contributed by atoms with Crippen molar-refractivity contribution >= 4 is 11.7 Å². The van der Waals surface area contributed by atoms with E-state index in [1.807, 2.05) is 60.4 Å². The molecular formula is C24H26N4O2. The number of hydrogen-bond acceptors (Lipinski definition) is 4. The fourth-order valence-electron chi connectivity index (χ4n) is 4.13. The monoisotopic (exact) mass is 402 g/mol. The van der Waals surface area contributed by atoms with Gasteiger partial charge in [0.2, 0.25) is 0 Å². The summed E-state index contributed by atoms with van der Waals surface area (Å²) in [6.45, 7) is 4.63. The topological polar surface area (TPSA) is 68.1 Å². The molecule has 2 aromatic carbocycles. The standard InChI is InChI=1S/C24H26N4O2/c1-17-8-11-22(28-25-12-13-26-28)21(14-17)24(30)27-16-19(10-9-18(27)2)15-23(29)20-6-4-3-5-7-20/h3-8,11-14,18-19H,9-10,15-16H2,1-2H3/t18-,19-/m1/s1. The van der Waals surface area contributed by atoms with Gasteiger partial charge in [-0.25, -0.2) is 0 Å². The molecule has 6 nitrogen and oxygen atoms in total. The summed E-state index contributed by atoms with van der Waals surface area (Å²) in [4.78, 5) is 29.6. The molecule has 0 unspecified atom stereocenters. The van der Waals surface area contributed by atoms with Crippen LogP contribution in [0.1, 0.15) is 52.5 Å². The first-order valence-electron chi connectivity index (χ1n) is 10.4. The molecule has 1 aromatic heterocycles. The second-order valence-electron chi connectivity index (χ2n) is 8.08. The third kappa shape index (κ3) is 4.17. The molecule has 0 spiro atoms. The first kappa shape index (κ1) is 20.0. The number of nitrogens with zero attached hydrogens (tertiary/aromatic N) is 4. The smallest absolute Gasteiger partial charge is 0.256 e. The summed E-state index contributed by atoms with van der Waals surface area (Å²) in [5.74, 6) is 0.267. The molecule has 4 rings (SSSR count). The molecule has 30 heavy (non-hydrogen) atoms. The van der Waals surface area contributed by atoms with Crippen LogP contribution >= 0.6 is 0 Å². The van der Waals surface area contributed by atoms with Gasteiger partial charge in [-0.2, -0.15) is 15.0 Å². The maximum atomic E-state index is 13.6. The van der Waals surface area contributed by atoms with Crippen LogP contribution in [0.4, 0.5) is 0 Å². The van der Waals surface area contributed by atoms with Crippen LogP contribution in [-0.2, 0) is 0 Å². The molecule has 1 amide bonds. The third-order valence-corrected chi connectivity index (χ3v) is 5.83. The minimum atomic E-state index is -0.0321. The molecule has 1 aliphatic rings. The number of carbonyl (C=O) groups is 2. The average Bonchev–Trinajstić information content (AvgIpc) is 3.30. The van der Waals surface area contributed by atoms with E-state index in [2.05, 4.69) is 17.1 Å². The van der Waals surface area contributed by atoms with Crippen LogP contribution < -0.4 is 0 Å². The van der Waals surface area contributed by atoms with E-state index in [0.717, 1.165) is 24.0 Å². The first-order chi connectivity index (χ1) is 14.5. The van der Waals surface area contributed by atoms with Crippen molar-refractivity contribution < 1.29 is 9.59 Å². The number of benzene rings is 2. The van der Waals surface area contributed by atoms with Crippen LogP contribution in [-0.4, -0.2) is 44.2 Å². The van der Waals surface area contributed by atoms with Gasteiger partial charge >= 0.3 is 0 Å². The molecule has 2 atom stereocenters. The molecule has 154 valence electrons. The summed E-state index contributed by atoms with van der Waals surface area (Å²) in [6.07, 6.45) is 5.50. The quantitative estimate of drug-likeness (QED) is 0.603. The highest BCUT2D eigenvalue weighted by Crippen LogP contribution is 2.28. The number of piperidine rings is 1. The van der Waals surface area contributed by atoms with Crippen molar-refractivity contribution in [3.05, 3.63) is 77.6 Å². The Bertz CT molecular complexity index is 1030. The van der Waals surface area contributed by atoms with Crippen molar-refractivity contribution in [2.75, 3.05) is 6.54 Å². The van der Waals surface area contributed by atoms with Crippen molar-refractivity contribution in [1.82, 2.24) is 19.9 Å². The molecule has 0 saturated carbocycles. The number of Topliss-reactive ketones (excluding diaryl/α,β-unsaturated/α-hetero) is 1. The lowest BCUT2D eigenvalue weighted by atomic mass is 9.87. The normalized spacial score (nSPS) is 18.9. The Hall–Kier alpha value is -3.28. The van der Waals surface area contributed by atoms with Crippen LogP contribution in [0.5, 0.6) is 0 Å². The van der Waals surface area contributed by atoms with Gasteiger partial charge < -0.3 is 4.90 Å². The van der Waals surface area contributed by atoms with Gasteiger partial charge in [0.15, 0.2) is 5.78 Å².